The number of nitrogens with one attached hydrogen (secondary N) is 2. The van der Waals surface area contributed by atoms with Crippen LogP contribution in [-0.2, 0) is 16.6 Å². The number of hydrogen-bond donors (Lipinski definition) is 2. The van der Waals surface area contributed by atoms with E-state index in [9.17, 15) is 8.42 Å². The molecule has 0 spiro atoms. The zero-order valence-electron chi connectivity index (χ0n) is 19.1. The van der Waals surface area contributed by atoms with Gasteiger partial charge < -0.3 is 5.32 Å². The van der Waals surface area contributed by atoms with Crippen LogP contribution in [0.25, 0.3) is 16.9 Å². The summed E-state index contributed by atoms with van der Waals surface area (Å²) in [7, 11) is -3.66. The smallest absolute Gasteiger partial charge is 0.261 e. The summed E-state index contributed by atoms with van der Waals surface area (Å²) in [6.45, 7) is 2.35. The van der Waals surface area contributed by atoms with Gasteiger partial charge in [0.05, 0.1) is 21.3 Å². The van der Waals surface area contributed by atoms with E-state index in [-0.39, 0.29) is 4.90 Å². The molecule has 182 valence electrons. The molecule has 5 aromatic rings. The van der Waals surface area contributed by atoms with Gasteiger partial charge in [0.25, 0.3) is 10.0 Å². The van der Waals surface area contributed by atoms with Crippen LogP contribution < -0.4 is 10.0 Å². The second-order valence-electron chi connectivity index (χ2n) is 8.21. The zero-order chi connectivity index (χ0) is 25.3. The minimum absolute atomic E-state index is 0.231. The summed E-state index contributed by atoms with van der Waals surface area (Å²) in [5, 5.41) is 8.43. The summed E-state index contributed by atoms with van der Waals surface area (Å²) in [5.41, 5.74) is 4.54. The van der Waals surface area contributed by atoms with Gasteiger partial charge in [-0.2, -0.15) is 9.61 Å². The molecule has 2 aromatic heterocycles. The van der Waals surface area contributed by atoms with Crippen molar-refractivity contribution in [1.29, 1.82) is 0 Å². The van der Waals surface area contributed by atoms with Crippen LogP contribution in [0.15, 0.2) is 94.4 Å². The lowest BCUT2D eigenvalue weighted by molar-refractivity contribution is 0.601. The summed E-state index contributed by atoms with van der Waals surface area (Å²) >= 11 is 9.93. The zero-order valence-corrected chi connectivity index (χ0v) is 22.3. The highest BCUT2D eigenvalue weighted by Crippen LogP contribution is 2.30. The first-order valence-electron chi connectivity index (χ1n) is 11.0. The molecule has 0 unspecified atom stereocenters. The Balaban J connectivity index is 1.36. The fourth-order valence-corrected chi connectivity index (χ4v) is 5.49. The van der Waals surface area contributed by atoms with Crippen molar-refractivity contribution in [1.82, 2.24) is 14.6 Å². The SMILES string of the molecule is Cc1cccc(S(=O)(=O)Nc2ccc(CNc3cc(-c4ccccc4Cl)nc4c(Br)cnn34)cc2)c1. The van der Waals surface area contributed by atoms with E-state index in [1.54, 1.807) is 41.0 Å². The van der Waals surface area contributed by atoms with Crippen molar-refractivity contribution in [2.45, 2.75) is 18.4 Å². The van der Waals surface area contributed by atoms with Gasteiger partial charge in [-0.3, -0.25) is 4.72 Å². The van der Waals surface area contributed by atoms with Gasteiger partial charge in [0.15, 0.2) is 5.65 Å². The molecule has 0 saturated carbocycles. The van der Waals surface area contributed by atoms with Gasteiger partial charge >= 0.3 is 0 Å². The van der Waals surface area contributed by atoms with E-state index in [2.05, 4.69) is 31.1 Å². The lowest BCUT2D eigenvalue weighted by Gasteiger charge is -2.12. The maximum atomic E-state index is 12.7. The average Bonchev–Trinajstić information content (AvgIpc) is 3.24. The Morgan fingerprint density at radius 1 is 1.00 bits per heavy atom. The molecule has 5 rings (SSSR count). The number of rotatable bonds is 7. The van der Waals surface area contributed by atoms with Crippen LogP contribution in [0.3, 0.4) is 0 Å². The Bertz CT molecular complexity index is 1670. The summed E-state index contributed by atoms with van der Waals surface area (Å²) < 4.78 is 30.5. The number of sulfonamides is 1. The molecule has 0 bridgehead atoms. The predicted molar refractivity (Wildman–Crippen MR) is 147 cm³/mol. The molecule has 0 saturated heterocycles. The average molecular weight is 583 g/mol. The lowest BCUT2D eigenvalue weighted by atomic mass is 10.1. The van der Waals surface area contributed by atoms with Crippen molar-refractivity contribution in [3.8, 4) is 11.3 Å². The number of fused-ring (bicyclic) bond motifs is 1. The van der Waals surface area contributed by atoms with Gasteiger partial charge in [-0.1, -0.05) is 54.1 Å². The molecule has 0 aliphatic carbocycles. The van der Waals surface area contributed by atoms with Gasteiger partial charge in [-0.15, -0.1) is 0 Å². The first kappa shape index (κ1) is 24.3. The number of aryl methyl sites for hydroxylation is 1. The van der Waals surface area contributed by atoms with E-state index < -0.39 is 10.0 Å². The quantitative estimate of drug-likeness (QED) is 0.228. The number of benzene rings is 3. The highest BCUT2D eigenvalue weighted by molar-refractivity contribution is 9.10. The van der Waals surface area contributed by atoms with E-state index in [1.165, 1.54) is 0 Å². The fraction of sp³-hybridized carbons (Fsp3) is 0.0769. The van der Waals surface area contributed by atoms with Crippen molar-refractivity contribution in [3.05, 3.63) is 106 Å². The lowest BCUT2D eigenvalue weighted by Crippen LogP contribution is -2.13. The van der Waals surface area contributed by atoms with Crippen LogP contribution in [0.5, 0.6) is 0 Å². The molecule has 0 aliphatic heterocycles. The van der Waals surface area contributed by atoms with Crippen LogP contribution in [0.4, 0.5) is 11.5 Å². The topological polar surface area (TPSA) is 88.4 Å². The van der Waals surface area contributed by atoms with Crippen LogP contribution in [-0.4, -0.2) is 23.0 Å². The Kier molecular flexibility index (Phi) is 6.70. The molecule has 10 heteroatoms. The van der Waals surface area contributed by atoms with Crippen LogP contribution >= 0.6 is 27.5 Å². The molecule has 7 nitrogen and oxygen atoms in total. The van der Waals surface area contributed by atoms with E-state index in [0.29, 0.717) is 22.9 Å². The molecular weight excluding hydrogens is 562 g/mol. The summed E-state index contributed by atoms with van der Waals surface area (Å²) in [6, 6.07) is 23.5. The number of halogens is 2. The molecule has 3 aromatic carbocycles. The maximum absolute atomic E-state index is 12.7. The van der Waals surface area contributed by atoms with Gasteiger partial charge in [-0.05, 0) is 64.3 Å². The first-order chi connectivity index (χ1) is 17.3. The summed E-state index contributed by atoms with van der Waals surface area (Å²) in [5.74, 6) is 0.741. The standard InChI is InChI=1S/C26H21BrClN5O2S/c1-17-5-4-6-20(13-17)36(34,35)32-19-11-9-18(10-12-19)15-29-25-14-24(21-7-2-3-8-23(21)28)31-26-22(27)16-30-33(25)26/h2-14,16,29,32H,15H2,1H3. The van der Waals surface area contributed by atoms with E-state index in [4.69, 9.17) is 16.6 Å². The van der Waals surface area contributed by atoms with Crippen LogP contribution in [0.2, 0.25) is 5.02 Å². The van der Waals surface area contributed by atoms with Crippen molar-refractivity contribution in [3.63, 3.8) is 0 Å². The van der Waals surface area contributed by atoms with Crippen LogP contribution in [0.1, 0.15) is 11.1 Å². The maximum Gasteiger partial charge on any atom is 0.261 e. The van der Waals surface area contributed by atoms with E-state index in [1.807, 2.05) is 55.5 Å². The Hall–Kier alpha value is -3.40. The minimum Gasteiger partial charge on any atom is -0.366 e. The molecule has 2 heterocycles. The Morgan fingerprint density at radius 2 is 1.78 bits per heavy atom. The molecular formula is C26H21BrClN5O2S. The van der Waals surface area contributed by atoms with Crippen LogP contribution in [0, 0.1) is 6.92 Å². The Morgan fingerprint density at radius 3 is 2.53 bits per heavy atom. The predicted octanol–water partition coefficient (Wildman–Crippen LogP) is 6.53. The molecule has 0 radical (unpaired) electrons. The molecule has 0 aliphatic rings. The second-order valence-corrected chi connectivity index (χ2v) is 11.2. The van der Waals surface area contributed by atoms with Crippen molar-refractivity contribution < 1.29 is 8.42 Å². The molecule has 0 atom stereocenters. The normalized spacial score (nSPS) is 11.5. The van der Waals surface area contributed by atoms with Gasteiger partial charge in [0.1, 0.15) is 5.82 Å². The third-order valence-corrected chi connectivity index (χ3v) is 7.83. The summed E-state index contributed by atoms with van der Waals surface area (Å²) in [6.07, 6.45) is 1.69. The highest BCUT2D eigenvalue weighted by atomic mass is 79.9. The third-order valence-electron chi connectivity index (χ3n) is 5.56. The van der Waals surface area contributed by atoms with E-state index in [0.717, 1.165) is 32.7 Å². The van der Waals surface area contributed by atoms with Gasteiger partial charge in [0, 0.05) is 28.9 Å². The molecule has 0 fully saturated rings. The second kappa shape index (κ2) is 9.93. The van der Waals surface area contributed by atoms with Crippen molar-refractivity contribution in [2.75, 3.05) is 10.0 Å². The summed E-state index contributed by atoms with van der Waals surface area (Å²) in [4.78, 5) is 4.95. The minimum atomic E-state index is -3.66. The number of anilines is 2. The Labute approximate surface area is 222 Å². The molecule has 36 heavy (non-hydrogen) atoms. The third kappa shape index (κ3) is 5.09. The number of hydrogen-bond acceptors (Lipinski definition) is 5. The first-order valence-corrected chi connectivity index (χ1v) is 13.7. The van der Waals surface area contributed by atoms with Gasteiger partial charge in [-0.25, -0.2) is 13.4 Å². The molecule has 2 N–H and O–H groups in total. The number of nitrogens with zero attached hydrogens (tertiary/aromatic N) is 3. The largest absolute Gasteiger partial charge is 0.366 e. The highest BCUT2D eigenvalue weighted by Gasteiger charge is 2.15. The van der Waals surface area contributed by atoms with Crippen molar-refractivity contribution >= 4 is 54.7 Å². The molecule has 0 amide bonds. The van der Waals surface area contributed by atoms with Crippen molar-refractivity contribution in [2.24, 2.45) is 0 Å². The van der Waals surface area contributed by atoms with E-state index >= 15 is 0 Å². The fourth-order valence-electron chi connectivity index (χ4n) is 3.75. The monoisotopic (exact) mass is 581 g/mol. The number of aromatic nitrogens is 3. The van der Waals surface area contributed by atoms with Gasteiger partial charge in [0.2, 0.25) is 0 Å².